The molecule has 1 amide bonds. The van der Waals surface area contributed by atoms with Gasteiger partial charge in [-0.3, -0.25) is 9.59 Å². The highest BCUT2D eigenvalue weighted by Crippen LogP contribution is 2.19. The zero-order valence-electron chi connectivity index (χ0n) is 10.4. The zero-order valence-corrected chi connectivity index (χ0v) is 12.0. The molecule has 2 N–H and O–H groups in total. The minimum atomic E-state index is -0.944. The summed E-state index contributed by atoms with van der Waals surface area (Å²) < 4.78 is 25.6. The predicted molar refractivity (Wildman–Crippen MR) is 75.1 cm³/mol. The number of halogens is 2. The van der Waals surface area contributed by atoms with Crippen molar-refractivity contribution in [2.75, 3.05) is 23.8 Å². The van der Waals surface area contributed by atoms with Gasteiger partial charge in [-0.25, -0.2) is 8.78 Å². The first-order chi connectivity index (χ1) is 9.49. The minimum Gasteiger partial charge on any atom is -0.481 e. The summed E-state index contributed by atoms with van der Waals surface area (Å²) in [4.78, 5) is 22.1. The SMILES string of the molecule is O=C(O)CSCCNC(=O)CSc1ccc(F)c(F)c1. The largest absolute Gasteiger partial charge is 0.481 e. The summed E-state index contributed by atoms with van der Waals surface area (Å²) in [6.45, 7) is 0.370. The Labute approximate surface area is 123 Å². The lowest BCUT2D eigenvalue weighted by Crippen LogP contribution is -2.27. The van der Waals surface area contributed by atoms with Crippen LogP contribution in [-0.4, -0.2) is 40.8 Å². The first-order valence-electron chi connectivity index (χ1n) is 5.63. The smallest absolute Gasteiger partial charge is 0.313 e. The standard InChI is InChI=1S/C12H13F2NO3S2/c13-9-2-1-8(5-10(9)14)20-6-11(16)15-3-4-19-7-12(17)18/h1-2,5H,3-4,6-7H2,(H,15,16)(H,17,18). The maximum absolute atomic E-state index is 12.9. The van der Waals surface area contributed by atoms with Gasteiger partial charge < -0.3 is 10.4 Å². The van der Waals surface area contributed by atoms with Crippen LogP contribution in [0.4, 0.5) is 8.78 Å². The van der Waals surface area contributed by atoms with Gasteiger partial charge >= 0.3 is 5.97 Å². The Bertz CT molecular complexity index is 486. The summed E-state index contributed by atoms with van der Waals surface area (Å²) in [5, 5.41) is 11.0. The maximum Gasteiger partial charge on any atom is 0.313 e. The molecule has 4 nitrogen and oxygen atoms in total. The van der Waals surface area contributed by atoms with Crippen molar-refractivity contribution >= 4 is 35.4 Å². The molecular weight excluding hydrogens is 308 g/mol. The number of aliphatic carboxylic acids is 1. The van der Waals surface area contributed by atoms with E-state index in [9.17, 15) is 18.4 Å². The first kappa shape index (κ1) is 16.8. The Morgan fingerprint density at radius 1 is 1.20 bits per heavy atom. The molecule has 0 atom stereocenters. The van der Waals surface area contributed by atoms with Gasteiger partial charge in [0.25, 0.3) is 0 Å². The Hall–Kier alpha value is -1.28. The molecule has 0 aliphatic carbocycles. The number of carbonyl (C=O) groups is 2. The van der Waals surface area contributed by atoms with Crippen LogP contribution in [0.2, 0.25) is 0 Å². The second-order valence-corrected chi connectivity index (χ2v) is 5.81. The third-order valence-corrected chi connectivity index (χ3v) is 3.99. The van der Waals surface area contributed by atoms with Gasteiger partial charge in [0.2, 0.25) is 5.91 Å². The van der Waals surface area contributed by atoms with Crippen molar-refractivity contribution in [3.8, 4) is 0 Å². The lowest BCUT2D eigenvalue weighted by molar-refractivity contribution is -0.133. The highest BCUT2D eigenvalue weighted by Gasteiger charge is 2.06. The van der Waals surface area contributed by atoms with Crippen LogP contribution < -0.4 is 5.32 Å². The van der Waals surface area contributed by atoms with E-state index < -0.39 is 17.6 Å². The second-order valence-electron chi connectivity index (χ2n) is 3.66. The molecule has 20 heavy (non-hydrogen) atoms. The normalized spacial score (nSPS) is 10.3. The number of carboxylic acid groups (broad SMARTS) is 1. The second kappa shape index (κ2) is 8.80. The molecule has 0 fully saturated rings. The molecule has 8 heteroatoms. The highest BCUT2D eigenvalue weighted by atomic mass is 32.2. The average Bonchev–Trinajstić information content (AvgIpc) is 2.39. The van der Waals surface area contributed by atoms with E-state index >= 15 is 0 Å². The van der Waals surface area contributed by atoms with Crippen molar-refractivity contribution in [1.29, 1.82) is 0 Å². The molecule has 0 bridgehead atoms. The van der Waals surface area contributed by atoms with Crippen molar-refractivity contribution in [2.24, 2.45) is 0 Å². The fourth-order valence-corrected chi connectivity index (χ4v) is 2.50. The lowest BCUT2D eigenvalue weighted by atomic mass is 10.3. The molecular formula is C12H13F2NO3S2. The third-order valence-electron chi connectivity index (χ3n) is 2.06. The molecule has 0 spiro atoms. The first-order valence-corrected chi connectivity index (χ1v) is 7.77. The van der Waals surface area contributed by atoms with Crippen molar-refractivity contribution in [2.45, 2.75) is 4.90 Å². The van der Waals surface area contributed by atoms with Gasteiger partial charge in [0.1, 0.15) is 0 Å². The number of carboxylic acids is 1. The lowest BCUT2D eigenvalue weighted by Gasteiger charge is -2.05. The molecule has 0 saturated carbocycles. The van der Waals surface area contributed by atoms with E-state index in [4.69, 9.17) is 5.11 Å². The fourth-order valence-electron chi connectivity index (χ4n) is 1.19. The summed E-state index contributed by atoms with van der Waals surface area (Å²) in [5.74, 6) is -2.40. The summed E-state index contributed by atoms with van der Waals surface area (Å²) in [5.41, 5.74) is 0. The number of carbonyl (C=O) groups excluding carboxylic acids is 1. The number of thioether (sulfide) groups is 2. The molecule has 1 rings (SSSR count). The maximum atomic E-state index is 12.9. The van der Waals surface area contributed by atoms with Gasteiger partial charge in [0.15, 0.2) is 11.6 Å². The third kappa shape index (κ3) is 6.76. The van der Waals surface area contributed by atoms with Crippen LogP contribution >= 0.6 is 23.5 Å². The van der Waals surface area contributed by atoms with Gasteiger partial charge in [-0.15, -0.1) is 23.5 Å². The molecule has 1 aromatic carbocycles. The predicted octanol–water partition coefficient (Wildman–Crippen LogP) is 1.99. The summed E-state index contributed by atoms with van der Waals surface area (Å²) >= 11 is 2.31. The van der Waals surface area contributed by atoms with Crippen LogP contribution in [0.5, 0.6) is 0 Å². The molecule has 0 aliphatic rings. The number of rotatable bonds is 8. The number of amides is 1. The summed E-state index contributed by atoms with van der Waals surface area (Å²) in [6.07, 6.45) is 0. The fraction of sp³-hybridized carbons (Fsp3) is 0.333. The molecule has 0 aliphatic heterocycles. The van der Waals surface area contributed by atoms with E-state index in [1.165, 1.54) is 17.8 Å². The molecule has 0 aromatic heterocycles. The average molecular weight is 321 g/mol. The van der Waals surface area contributed by atoms with Crippen LogP contribution in [0.15, 0.2) is 23.1 Å². The Morgan fingerprint density at radius 2 is 1.95 bits per heavy atom. The minimum absolute atomic E-state index is 0.000519. The van der Waals surface area contributed by atoms with Crippen molar-refractivity contribution in [3.63, 3.8) is 0 Å². The van der Waals surface area contributed by atoms with Gasteiger partial charge in [0.05, 0.1) is 11.5 Å². The van der Waals surface area contributed by atoms with Crippen LogP contribution in [0.1, 0.15) is 0 Å². The monoisotopic (exact) mass is 321 g/mol. The Morgan fingerprint density at radius 3 is 2.60 bits per heavy atom. The van der Waals surface area contributed by atoms with Gasteiger partial charge in [-0.05, 0) is 18.2 Å². The molecule has 0 heterocycles. The van der Waals surface area contributed by atoms with Crippen LogP contribution in [0, 0.1) is 11.6 Å². The van der Waals surface area contributed by atoms with Gasteiger partial charge in [-0.1, -0.05) is 0 Å². The molecule has 110 valence electrons. The van der Waals surface area contributed by atoms with Gasteiger partial charge in [-0.2, -0.15) is 0 Å². The molecule has 0 unspecified atom stereocenters. The number of hydrogen-bond acceptors (Lipinski definition) is 4. The van der Waals surface area contributed by atoms with Crippen molar-refractivity contribution in [1.82, 2.24) is 5.32 Å². The van der Waals surface area contributed by atoms with E-state index in [0.29, 0.717) is 17.2 Å². The topological polar surface area (TPSA) is 66.4 Å². The number of nitrogens with one attached hydrogen (secondary N) is 1. The van der Waals surface area contributed by atoms with E-state index in [2.05, 4.69) is 5.32 Å². The van der Waals surface area contributed by atoms with E-state index in [1.54, 1.807) is 0 Å². The zero-order chi connectivity index (χ0) is 15.0. The van der Waals surface area contributed by atoms with Crippen LogP contribution in [0.3, 0.4) is 0 Å². The Balaban J connectivity index is 2.19. The van der Waals surface area contributed by atoms with E-state index in [1.807, 2.05) is 0 Å². The van der Waals surface area contributed by atoms with Gasteiger partial charge in [0, 0.05) is 17.2 Å². The quantitative estimate of drug-likeness (QED) is 0.566. The van der Waals surface area contributed by atoms with Crippen LogP contribution in [0.25, 0.3) is 0 Å². The van der Waals surface area contributed by atoms with Crippen molar-refractivity contribution < 1.29 is 23.5 Å². The molecule has 0 radical (unpaired) electrons. The molecule has 1 aromatic rings. The summed E-state index contributed by atoms with van der Waals surface area (Å²) in [7, 11) is 0. The molecule has 0 saturated heterocycles. The van der Waals surface area contributed by atoms with Crippen LogP contribution in [-0.2, 0) is 9.59 Å². The van der Waals surface area contributed by atoms with E-state index in [0.717, 1.165) is 23.9 Å². The Kier molecular flexibility index (Phi) is 7.38. The highest BCUT2D eigenvalue weighted by molar-refractivity contribution is 8.00. The van der Waals surface area contributed by atoms with E-state index in [-0.39, 0.29) is 17.4 Å². The summed E-state index contributed by atoms with van der Waals surface area (Å²) in [6, 6.07) is 3.45. The van der Waals surface area contributed by atoms with Crippen molar-refractivity contribution in [3.05, 3.63) is 29.8 Å². The number of benzene rings is 1. The number of hydrogen-bond donors (Lipinski definition) is 2.